The molecule has 26 heavy (non-hydrogen) atoms. The Labute approximate surface area is 150 Å². The molecular weight excluding hydrogens is 360 g/mol. The quantitative estimate of drug-likeness (QED) is 0.523. The van der Waals surface area contributed by atoms with E-state index in [1.807, 2.05) is 30.3 Å². The minimum absolute atomic E-state index is 0.0294. The number of anilines is 1. The molecule has 0 aliphatic heterocycles. The van der Waals surface area contributed by atoms with Gasteiger partial charge in [-0.2, -0.15) is 4.73 Å². The van der Waals surface area contributed by atoms with Crippen LogP contribution in [0.2, 0.25) is 0 Å². The van der Waals surface area contributed by atoms with E-state index in [9.17, 15) is 19.7 Å². The van der Waals surface area contributed by atoms with Gasteiger partial charge in [0, 0.05) is 6.20 Å². The van der Waals surface area contributed by atoms with E-state index in [2.05, 4.69) is 10.3 Å². The van der Waals surface area contributed by atoms with Crippen molar-refractivity contribution in [2.75, 3.05) is 5.32 Å². The Morgan fingerprint density at radius 3 is 2.73 bits per heavy atom. The lowest BCUT2D eigenvalue weighted by Crippen LogP contribution is -2.32. The minimum Gasteiger partial charge on any atom is -0.406 e. The summed E-state index contributed by atoms with van der Waals surface area (Å²) in [5.41, 5.74) is 0.0507. The van der Waals surface area contributed by atoms with Crippen molar-refractivity contribution in [3.05, 3.63) is 86.5 Å². The summed E-state index contributed by atoms with van der Waals surface area (Å²) in [6.07, 6.45) is 2.43. The second-order valence-electron chi connectivity index (χ2n) is 5.03. The zero-order valence-corrected chi connectivity index (χ0v) is 14.0. The summed E-state index contributed by atoms with van der Waals surface area (Å²) in [4.78, 5) is 43.8. The molecule has 0 unspecified atom stereocenters. The predicted molar refractivity (Wildman–Crippen MR) is 94.1 cm³/mol. The van der Waals surface area contributed by atoms with Crippen molar-refractivity contribution in [1.82, 2.24) is 9.71 Å². The van der Waals surface area contributed by atoms with Gasteiger partial charge < -0.3 is 4.84 Å². The van der Waals surface area contributed by atoms with Gasteiger partial charge in [-0.15, -0.1) is 0 Å². The lowest BCUT2D eigenvalue weighted by atomic mass is 10.2. The van der Waals surface area contributed by atoms with Crippen LogP contribution < -0.4 is 15.7 Å². The maximum Gasteiger partial charge on any atom is 0.345 e. The molecule has 2 aromatic heterocycles. The molecule has 1 aromatic carbocycles. The van der Waals surface area contributed by atoms with Crippen LogP contribution in [0.5, 0.6) is 0 Å². The number of pyridine rings is 1. The van der Waals surface area contributed by atoms with Crippen molar-refractivity contribution < 1.29 is 14.6 Å². The van der Waals surface area contributed by atoms with Crippen molar-refractivity contribution in [2.45, 2.75) is 6.61 Å². The number of nitrogens with one attached hydrogen (secondary N) is 1. The van der Waals surface area contributed by atoms with E-state index in [-0.39, 0.29) is 22.3 Å². The van der Waals surface area contributed by atoms with Gasteiger partial charge in [-0.3, -0.25) is 25.0 Å². The summed E-state index contributed by atoms with van der Waals surface area (Å²) < 4.78 is 0.964. The van der Waals surface area contributed by atoms with Gasteiger partial charge in [0.15, 0.2) is 5.13 Å². The van der Waals surface area contributed by atoms with Crippen molar-refractivity contribution in [1.29, 1.82) is 0 Å². The molecule has 3 rings (SSSR count). The lowest BCUT2D eigenvalue weighted by molar-refractivity contribution is -0.380. The molecule has 1 amide bonds. The standard InChI is InChI=1S/C16H12N4O5S/c21-14(18-16-17-9-13(26-16)20(23)24)12-7-4-8-19(15(12)22)25-10-11-5-2-1-3-6-11/h1-9H,10H2,(H,17,18,21). The molecule has 132 valence electrons. The van der Waals surface area contributed by atoms with Crippen LogP contribution in [0.15, 0.2) is 59.7 Å². The molecule has 0 aliphatic carbocycles. The van der Waals surface area contributed by atoms with E-state index in [0.29, 0.717) is 11.3 Å². The summed E-state index contributed by atoms with van der Waals surface area (Å²) in [6, 6.07) is 12.1. The molecule has 0 radical (unpaired) electrons. The number of hydrogen-bond acceptors (Lipinski definition) is 7. The van der Waals surface area contributed by atoms with Crippen LogP contribution in [-0.4, -0.2) is 20.5 Å². The maximum absolute atomic E-state index is 12.4. The summed E-state index contributed by atoms with van der Waals surface area (Å²) in [5.74, 6) is -0.725. The van der Waals surface area contributed by atoms with E-state index >= 15 is 0 Å². The van der Waals surface area contributed by atoms with Crippen LogP contribution in [0.4, 0.5) is 10.1 Å². The van der Waals surface area contributed by atoms with Gasteiger partial charge in [0.25, 0.3) is 11.5 Å². The fraction of sp³-hybridized carbons (Fsp3) is 0.0625. The van der Waals surface area contributed by atoms with Gasteiger partial charge in [0.1, 0.15) is 18.4 Å². The largest absolute Gasteiger partial charge is 0.406 e. The second kappa shape index (κ2) is 7.57. The fourth-order valence-corrected chi connectivity index (χ4v) is 2.67. The number of carbonyl (C=O) groups excluding carboxylic acids is 1. The highest BCUT2D eigenvalue weighted by Gasteiger charge is 2.17. The number of hydrogen-bond donors (Lipinski definition) is 1. The van der Waals surface area contributed by atoms with E-state index < -0.39 is 16.4 Å². The van der Waals surface area contributed by atoms with Crippen LogP contribution in [0.3, 0.4) is 0 Å². The highest BCUT2D eigenvalue weighted by atomic mass is 32.1. The van der Waals surface area contributed by atoms with Crippen molar-refractivity contribution >= 4 is 27.4 Å². The molecule has 0 fully saturated rings. The van der Waals surface area contributed by atoms with Gasteiger partial charge in [-0.1, -0.05) is 30.3 Å². The van der Waals surface area contributed by atoms with E-state index in [1.165, 1.54) is 18.3 Å². The average molecular weight is 372 g/mol. The molecule has 0 saturated carbocycles. The molecule has 2 heterocycles. The molecule has 3 aromatic rings. The Hall–Kier alpha value is -3.53. The summed E-state index contributed by atoms with van der Waals surface area (Å²) in [5, 5.41) is 12.8. The highest BCUT2D eigenvalue weighted by Crippen LogP contribution is 2.25. The first-order valence-corrected chi connectivity index (χ1v) is 8.16. The van der Waals surface area contributed by atoms with E-state index in [0.717, 1.165) is 16.5 Å². The first-order valence-electron chi connectivity index (χ1n) is 7.35. The summed E-state index contributed by atoms with van der Waals surface area (Å²) >= 11 is 0.699. The normalized spacial score (nSPS) is 10.3. The topological polar surface area (TPSA) is 116 Å². The molecule has 0 atom stereocenters. The van der Waals surface area contributed by atoms with Crippen molar-refractivity contribution in [3.63, 3.8) is 0 Å². The van der Waals surface area contributed by atoms with Gasteiger partial charge in [0.05, 0.1) is 4.92 Å². The predicted octanol–water partition coefficient (Wildman–Crippen LogP) is 2.09. The second-order valence-corrected chi connectivity index (χ2v) is 6.04. The summed E-state index contributed by atoms with van der Waals surface area (Å²) in [6.45, 7) is 0.157. The Morgan fingerprint density at radius 1 is 1.27 bits per heavy atom. The Balaban J connectivity index is 1.74. The maximum atomic E-state index is 12.4. The average Bonchev–Trinajstić information content (AvgIpc) is 3.10. The first kappa shape index (κ1) is 17.3. The number of aromatic nitrogens is 2. The molecule has 0 bridgehead atoms. The third-order valence-corrected chi connectivity index (χ3v) is 4.13. The number of carbonyl (C=O) groups is 1. The van der Waals surface area contributed by atoms with Crippen LogP contribution >= 0.6 is 11.3 Å². The number of nitrogens with zero attached hydrogens (tertiary/aromatic N) is 3. The molecule has 0 aliphatic rings. The van der Waals surface area contributed by atoms with Crippen LogP contribution in [0.25, 0.3) is 0 Å². The smallest absolute Gasteiger partial charge is 0.345 e. The van der Waals surface area contributed by atoms with Crippen molar-refractivity contribution in [3.8, 4) is 0 Å². The number of nitro groups is 1. The number of benzene rings is 1. The number of amides is 1. The summed E-state index contributed by atoms with van der Waals surface area (Å²) in [7, 11) is 0. The SMILES string of the molecule is O=C(Nc1ncc([N+](=O)[O-])s1)c1cccn(OCc2ccccc2)c1=O. The number of thiazole rings is 1. The van der Waals surface area contributed by atoms with E-state index in [4.69, 9.17) is 4.84 Å². The molecule has 0 saturated heterocycles. The van der Waals surface area contributed by atoms with Crippen LogP contribution in [-0.2, 0) is 6.61 Å². The van der Waals surface area contributed by atoms with Gasteiger partial charge >= 0.3 is 5.00 Å². The Kier molecular flexibility index (Phi) is 5.04. The monoisotopic (exact) mass is 372 g/mol. The lowest BCUT2D eigenvalue weighted by Gasteiger charge is -2.09. The minimum atomic E-state index is -0.725. The zero-order valence-electron chi connectivity index (χ0n) is 13.2. The third kappa shape index (κ3) is 3.92. The van der Waals surface area contributed by atoms with Gasteiger partial charge in [-0.05, 0) is 29.0 Å². The molecule has 0 spiro atoms. The highest BCUT2D eigenvalue weighted by molar-refractivity contribution is 7.18. The number of rotatable bonds is 6. The van der Waals surface area contributed by atoms with Crippen LogP contribution in [0.1, 0.15) is 15.9 Å². The molecule has 10 heteroatoms. The van der Waals surface area contributed by atoms with E-state index in [1.54, 1.807) is 0 Å². The van der Waals surface area contributed by atoms with Gasteiger partial charge in [-0.25, -0.2) is 4.98 Å². The molecular formula is C16H12N4O5S. The fourth-order valence-electron chi connectivity index (χ4n) is 2.04. The third-order valence-electron chi connectivity index (χ3n) is 3.27. The molecule has 1 N–H and O–H groups in total. The first-order chi connectivity index (χ1) is 12.5. The molecule has 9 nitrogen and oxygen atoms in total. The Bertz CT molecular complexity index is 999. The van der Waals surface area contributed by atoms with Crippen LogP contribution in [0, 0.1) is 10.1 Å². The van der Waals surface area contributed by atoms with Gasteiger partial charge in [0.2, 0.25) is 0 Å². The van der Waals surface area contributed by atoms with Crippen molar-refractivity contribution in [2.24, 2.45) is 0 Å². The zero-order chi connectivity index (χ0) is 18.5. The Morgan fingerprint density at radius 2 is 2.04 bits per heavy atom.